The van der Waals surface area contributed by atoms with Crippen LogP contribution in [-0.4, -0.2) is 47.5 Å². The molecule has 0 spiro atoms. The van der Waals surface area contributed by atoms with Gasteiger partial charge in [0.2, 0.25) is 5.91 Å². The molecular weight excluding hydrogens is 312 g/mol. The van der Waals surface area contributed by atoms with Gasteiger partial charge in [-0.1, -0.05) is 0 Å². The van der Waals surface area contributed by atoms with Gasteiger partial charge in [-0.3, -0.25) is 9.48 Å². The second-order valence-corrected chi connectivity index (χ2v) is 6.42. The van der Waals surface area contributed by atoms with E-state index in [9.17, 15) is 9.59 Å². The maximum atomic E-state index is 12.3. The Hall–Kier alpha value is -1.93. The monoisotopic (exact) mass is 338 g/mol. The smallest absolute Gasteiger partial charge is 0.333 e. The summed E-state index contributed by atoms with van der Waals surface area (Å²) >= 11 is 0. The van der Waals surface area contributed by atoms with Crippen LogP contribution in [0.4, 0.5) is 5.69 Å². The molecule has 1 aromatic heterocycles. The second kappa shape index (κ2) is 7.76. The van der Waals surface area contributed by atoms with Gasteiger partial charge in [-0.2, -0.15) is 5.10 Å². The minimum absolute atomic E-state index is 0.116. The average molecular weight is 338 g/mol. The van der Waals surface area contributed by atoms with Crippen molar-refractivity contribution in [2.45, 2.75) is 45.2 Å². The maximum absolute atomic E-state index is 12.3. The topological polar surface area (TPSA) is 108 Å². The molecule has 2 heterocycles. The van der Waals surface area contributed by atoms with Crippen molar-refractivity contribution in [2.24, 2.45) is 11.7 Å². The van der Waals surface area contributed by atoms with Crippen molar-refractivity contribution in [3.63, 3.8) is 0 Å². The van der Waals surface area contributed by atoms with Crippen molar-refractivity contribution in [3.8, 4) is 0 Å². The number of ether oxygens (including phenoxy) is 2. The first-order valence-electron chi connectivity index (χ1n) is 8.22. The summed E-state index contributed by atoms with van der Waals surface area (Å²) in [7, 11) is 0. The fourth-order valence-corrected chi connectivity index (χ4v) is 2.61. The molecule has 1 aliphatic rings. The van der Waals surface area contributed by atoms with E-state index in [1.54, 1.807) is 27.0 Å². The zero-order valence-corrected chi connectivity index (χ0v) is 14.4. The van der Waals surface area contributed by atoms with Gasteiger partial charge in [0.15, 0.2) is 5.54 Å². The SMILES string of the molecule is CCOC(=O)C(C)(C)n1cc(NC(=O)C(N)C2CCOCC2)cn1. The van der Waals surface area contributed by atoms with Gasteiger partial charge in [-0.25, -0.2) is 4.79 Å². The minimum Gasteiger partial charge on any atom is -0.464 e. The van der Waals surface area contributed by atoms with Gasteiger partial charge >= 0.3 is 5.97 Å². The number of carbonyl (C=O) groups excluding carboxylic acids is 2. The van der Waals surface area contributed by atoms with Crippen LogP contribution in [0.15, 0.2) is 12.4 Å². The lowest BCUT2D eigenvalue weighted by Crippen LogP contribution is -2.44. The summed E-state index contributed by atoms with van der Waals surface area (Å²) in [5, 5.41) is 6.92. The number of amides is 1. The average Bonchev–Trinajstić information content (AvgIpc) is 3.04. The van der Waals surface area contributed by atoms with E-state index in [1.165, 1.54) is 10.9 Å². The van der Waals surface area contributed by atoms with Gasteiger partial charge in [0.1, 0.15) is 0 Å². The van der Waals surface area contributed by atoms with Gasteiger partial charge in [-0.05, 0) is 39.5 Å². The molecule has 134 valence electrons. The zero-order valence-electron chi connectivity index (χ0n) is 14.4. The van der Waals surface area contributed by atoms with Gasteiger partial charge in [0.05, 0.1) is 24.5 Å². The number of esters is 1. The zero-order chi connectivity index (χ0) is 17.7. The fraction of sp³-hybridized carbons (Fsp3) is 0.688. The van der Waals surface area contributed by atoms with Crippen molar-refractivity contribution >= 4 is 17.6 Å². The molecule has 1 aromatic rings. The Bertz CT molecular complexity index is 578. The third kappa shape index (κ3) is 4.12. The largest absolute Gasteiger partial charge is 0.464 e. The van der Waals surface area contributed by atoms with E-state index in [1.807, 2.05) is 0 Å². The molecule has 0 aliphatic carbocycles. The summed E-state index contributed by atoms with van der Waals surface area (Å²) in [6.07, 6.45) is 4.66. The van der Waals surface area contributed by atoms with E-state index in [-0.39, 0.29) is 17.8 Å². The Morgan fingerprint density at radius 2 is 2.17 bits per heavy atom. The summed E-state index contributed by atoms with van der Waals surface area (Å²) in [5.74, 6) is -0.523. The molecule has 8 heteroatoms. The molecule has 1 unspecified atom stereocenters. The summed E-state index contributed by atoms with van der Waals surface area (Å²) in [6.45, 7) is 6.73. The molecule has 1 fully saturated rings. The van der Waals surface area contributed by atoms with Crippen molar-refractivity contribution < 1.29 is 19.1 Å². The first kappa shape index (κ1) is 18.4. The number of anilines is 1. The number of carbonyl (C=O) groups is 2. The number of hydrogen-bond donors (Lipinski definition) is 2. The Kier molecular flexibility index (Phi) is 5.95. The molecule has 0 saturated carbocycles. The summed E-state index contributed by atoms with van der Waals surface area (Å²) < 4.78 is 11.8. The van der Waals surface area contributed by atoms with Crippen LogP contribution in [0, 0.1) is 5.92 Å². The molecule has 1 amide bonds. The van der Waals surface area contributed by atoms with Gasteiger partial charge in [0, 0.05) is 19.4 Å². The minimum atomic E-state index is -0.957. The van der Waals surface area contributed by atoms with Crippen LogP contribution in [0.5, 0.6) is 0 Å². The predicted molar refractivity (Wildman–Crippen MR) is 88.3 cm³/mol. The van der Waals surface area contributed by atoms with Crippen molar-refractivity contribution in [1.82, 2.24) is 9.78 Å². The Balaban J connectivity index is 2.00. The lowest BCUT2D eigenvalue weighted by atomic mass is 9.92. The van der Waals surface area contributed by atoms with Gasteiger partial charge < -0.3 is 20.5 Å². The van der Waals surface area contributed by atoms with Crippen LogP contribution in [-0.2, 0) is 24.6 Å². The van der Waals surface area contributed by atoms with Gasteiger partial charge in [0.25, 0.3) is 0 Å². The Morgan fingerprint density at radius 1 is 1.50 bits per heavy atom. The van der Waals surface area contributed by atoms with Crippen molar-refractivity contribution in [1.29, 1.82) is 0 Å². The van der Waals surface area contributed by atoms with Crippen LogP contribution >= 0.6 is 0 Å². The highest BCUT2D eigenvalue weighted by atomic mass is 16.5. The molecule has 8 nitrogen and oxygen atoms in total. The van der Waals surface area contributed by atoms with Crippen LogP contribution in [0.2, 0.25) is 0 Å². The molecule has 3 N–H and O–H groups in total. The first-order valence-corrected chi connectivity index (χ1v) is 8.22. The van der Waals surface area contributed by atoms with E-state index >= 15 is 0 Å². The van der Waals surface area contributed by atoms with E-state index in [0.29, 0.717) is 25.5 Å². The van der Waals surface area contributed by atoms with Crippen LogP contribution in [0.25, 0.3) is 0 Å². The highest BCUT2D eigenvalue weighted by Gasteiger charge is 2.33. The summed E-state index contributed by atoms with van der Waals surface area (Å²) in [6, 6.07) is -0.588. The van der Waals surface area contributed by atoms with Crippen LogP contribution < -0.4 is 11.1 Å². The van der Waals surface area contributed by atoms with Gasteiger partial charge in [-0.15, -0.1) is 0 Å². The number of aromatic nitrogens is 2. The van der Waals surface area contributed by atoms with Crippen LogP contribution in [0.1, 0.15) is 33.6 Å². The molecule has 1 saturated heterocycles. The quantitative estimate of drug-likeness (QED) is 0.745. The molecule has 0 radical (unpaired) electrons. The third-order valence-corrected chi connectivity index (χ3v) is 4.27. The van der Waals surface area contributed by atoms with Crippen molar-refractivity contribution in [2.75, 3.05) is 25.1 Å². The second-order valence-electron chi connectivity index (χ2n) is 6.42. The lowest BCUT2D eigenvalue weighted by Gasteiger charge is -2.26. The lowest BCUT2D eigenvalue weighted by molar-refractivity contribution is -0.152. The number of hydrogen-bond acceptors (Lipinski definition) is 6. The van der Waals surface area contributed by atoms with Crippen molar-refractivity contribution in [3.05, 3.63) is 12.4 Å². The Morgan fingerprint density at radius 3 is 2.79 bits per heavy atom. The maximum Gasteiger partial charge on any atom is 0.333 e. The van der Waals surface area contributed by atoms with E-state index < -0.39 is 11.6 Å². The number of rotatable bonds is 6. The predicted octanol–water partition coefficient (Wildman–Crippen LogP) is 0.874. The summed E-state index contributed by atoms with van der Waals surface area (Å²) in [4.78, 5) is 24.3. The van der Waals surface area contributed by atoms with E-state index in [4.69, 9.17) is 15.2 Å². The third-order valence-electron chi connectivity index (χ3n) is 4.27. The highest BCUT2D eigenvalue weighted by Crippen LogP contribution is 2.21. The summed E-state index contributed by atoms with van der Waals surface area (Å²) in [5.41, 5.74) is 5.59. The number of nitrogens with two attached hydrogens (primary N) is 1. The van der Waals surface area contributed by atoms with Crippen LogP contribution in [0.3, 0.4) is 0 Å². The molecule has 24 heavy (non-hydrogen) atoms. The van der Waals surface area contributed by atoms with E-state index in [2.05, 4.69) is 10.4 Å². The molecule has 1 aliphatic heterocycles. The molecule has 1 atom stereocenters. The normalized spacial score (nSPS) is 17.3. The molecular formula is C16H26N4O4. The van der Waals surface area contributed by atoms with E-state index in [0.717, 1.165) is 12.8 Å². The molecule has 0 bridgehead atoms. The Labute approximate surface area is 141 Å². The first-order chi connectivity index (χ1) is 11.4. The fourth-order valence-electron chi connectivity index (χ4n) is 2.61. The number of nitrogens with zero attached hydrogens (tertiary/aromatic N) is 2. The highest BCUT2D eigenvalue weighted by molar-refractivity contribution is 5.94. The number of nitrogens with one attached hydrogen (secondary N) is 1. The molecule has 0 aromatic carbocycles. The molecule has 2 rings (SSSR count). The standard InChI is InChI=1S/C16H26N4O4/c1-4-24-15(22)16(2,3)20-10-12(9-18-20)19-14(21)13(17)11-5-7-23-8-6-11/h9-11,13H,4-8,17H2,1-3H3,(H,19,21).